The molecule has 0 bridgehead atoms. The van der Waals surface area contributed by atoms with Crippen LogP contribution in [0.1, 0.15) is 23.5 Å². The molecule has 5 heteroatoms. The van der Waals surface area contributed by atoms with Gasteiger partial charge in [0, 0.05) is 0 Å². The maximum atomic E-state index is 12.7. The molecule has 0 saturated carbocycles. The second-order valence-electron chi connectivity index (χ2n) is 4.01. The van der Waals surface area contributed by atoms with Gasteiger partial charge in [0.25, 0.3) is 0 Å². The molecular formula is C11H11F3O2. The number of halogens is 3. The zero-order valence-electron chi connectivity index (χ0n) is 8.33. The van der Waals surface area contributed by atoms with E-state index in [1.54, 1.807) is 0 Å². The SMILES string of the molecule is Oc1ccc2c(c1)CCC(O)C2C(F)(F)F. The molecule has 1 aliphatic rings. The van der Waals surface area contributed by atoms with Gasteiger partial charge < -0.3 is 10.2 Å². The van der Waals surface area contributed by atoms with Crippen molar-refractivity contribution in [2.24, 2.45) is 0 Å². The van der Waals surface area contributed by atoms with Crippen molar-refractivity contribution in [1.29, 1.82) is 0 Å². The van der Waals surface area contributed by atoms with Crippen LogP contribution in [0.3, 0.4) is 0 Å². The van der Waals surface area contributed by atoms with Gasteiger partial charge in [0.05, 0.1) is 6.10 Å². The number of aromatic hydroxyl groups is 1. The number of phenolic OH excluding ortho intramolecular Hbond substituents is 1. The summed E-state index contributed by atoms with van der Waals surface area (Å²) in [6.45, 7) is 0. The normalized spacial score (nSPS) is 25.2. The van der Waals surface area contributed by atoms with Crippen molar-refractivity contribution in [2.75, 3.05) is 0 Å². The molecule has 0 heterocycles. The van der Waals surface area contributed by atoms with Crippen LogP contribution in [0, 0.1) is 0 Å². The minimum atomic E-state index is -4.45. The summed E-state index contributed by atoms with van der Waals surface area (Å²) < 4.78 is 38.2. The lowest BCUT2D eigenvalue weighted by Gasteiger charge is -2.31. The molecule has 2 rings (SSSR count). The number of phenols is 1. The molecule has 0 aliphatic heterocycles. The zero-order chi connectivity index (χ0) is 11.9. The van der Waals surface area contributed by atoms with E-state index in [9.17, 15) is 23.4 Å². The number of aliphatic hydroxyl groups excluding tert-OH is 1. The van der Waals surface area contributed by atoms with E-state index in [1.807, 2.05) is 0 Å². The summed E-state index contributed by atoms with van der Waals surface area (Å²) in [4.78, 5) is 0. The summed E-state index contributed by atoms with van der Waals surface area (Å²) in [5.74, 6) is -1.88. The van der Waals surface area contributed by atoms with Crippen LogP contribution < -0.4 is 0 Å². The van der Waals surface area contributed by atoms with Gasteiger partial charge in [0.1, 0.15) is 11.7 Å². The summed E-state index contributed by atoms with van der Waals surface area (Å²) in [6.07, 6.45) is -5.42. The van der Waals surface area contributed by atoms with Crippen LogP contribution in [-0.4, -0.2) is 22.5 Å². The minimum absolute atomic E-state index is 0.0453. The average Bonchev–Trinajstić information content (AvgIpc) is 2.16. The van der Waals surface area contributed by atoms with Crippen molar-refractivity contribution in [1.82, 2.24) is 0 Å². The number of fused-ring (bicyclic) bond motifs is 1. The van der Waals surface area contributed by atoms with Gasteiger partial charge >= 0.3 is 6.18 Å². The molecule has 0 radical (unpaired) electrons. The Hall–Kier alpha value is -1.23. The number of aryl methyl sites for hydroxylation is 1. The van der Waals surface area contributed by atoms with Crippen LogP contribution in [0.2, 0.25) is 0 Å². The number of benzene rings is 1. The fourth-order valence-corrected chi connectivity index (χ4v) is 2.18. The van der Waals surface area contributed by atoms with Gasteiger partial charge in [0.15, 0.2) is 0 Å². The zero-order valence-corrected chi connectivity index (χ0v) is 8.33. The topological polar surface area (TPSA) is 40.5 Å². The Labute approximate surface area is 90.3 Å². The van der Waals surface area contributed by atoms with E-state index in [2.05, 4.69) is 0 Å². The Morgan fingerprint density at radius 1 is 1.25 bits per heavy atom. The third-order valence-corrected chi connectivity index (χ3v) is 2.91. The number of aliphatic hydroxyl groups is 1. The molecule has 0 saturated heterocycles. The van der Waals surface area contributed by atoms with Crippen LogP contribution in [-0.2, 0) is 6.42 Å². The van der Waals surface area contributed by atoms with E-state index in [4.69, 9.17) is 0 Å². The maximum absolute atomic E-state index is 12.7. The first-order chi connectivity index (χ1) is 7.39. The molecule has 0 fully saturated rings. The van der Waals surface area contributed by atoms with E-state index < -0.39 is 18.2 Å². The first-order valence-electron chi connectivity index (χ1n) is 4.96. The second-order valence-corrected chi connectivity index (χ2v) is 4.01. The van der Waals surface area contributed by atoms with E-state index in [1.165, 1.54) is 18.2 Å². The Kier molecular flexibility index (Phi) is 2.58. The number of hydrogen-bond acceptors (Lipinski definition) is 2. The number of hydrogen-bond donors (Lipinski definition) is 2. The Bertz CT molecular complexity index is 401. The van der Waals surface area contributed by atoms with Crippen molar-refractivity contribution in [3.05, 3.63) is 29.3 Å². The molecule has 2 nitrogen and oxygen atoms in total. The summed E-state index contributed by atoms with van der Waals surface area (Å²) in [5, 5.41) is 18.6. The third-order valence-electron chi connectivity index (χ3n) is 2.91. The van der Waals surface area contributed by atoms with Gasteiger partial charge in [-0.05, 0) is 36.1 Å². The lowest BCUT2D eigenvalue weighted by molar-refractivity contribution is -0.174. The van der Waals surface area contributed by atoms with E-state index in [0.29, 0.717) is 12.0 Å². The fourth-order valence-electron chi connectivity index (χ4n) is 2.18. The van der Waals surface area contributed by atoms with Crippen molar-refractivity contribution < 1.29 is 23.4 Å². The molecule has 2 atom stereocenters. The average molecular weight is 232 g/mol. The van der Waals surface area contributed by atoms with Gasteiger partial charge in [-0.2, -0.15) is 13.2 Å². The highest BCUT2D eigenvalue weighted by molar-refractivity contribution is 5.40. The first kappa shape index (κ1) is 11.3. The first-order valence-corrected chi connectivity index (χ1v) is 4.96. The molecule has 2 unspecified atom stereocenters. The molecule has 0 amide bonds. The molecular weight excluding hydrogens is 221 g/mol. The van der Waals surface area contributed by atoms with Crippen LogP contribution in [0.25, 0.3) is 0 Å². The Morgan fingerprint density at radius 2 is 1.94 bits per heavy atom. The predicted molar refractivity (Wildman–Crippen MR) is 51.2 cm³/mol. The van der Waals surface area contributed by atoms with Crippen LogP contribution >= 0.6 is 0 Å². The van der Waals surface area contributed by atoms with Gasteiger partial charge in [-0.25, -0.2) is 0 Å². The van der Waals surface area contributed by atoms with Crippen molar-refractivity contribution in [3.63, 3.8) is 0 Å². The van der Waals surface area contributed by atoms with Gasteiger partial charge in [-0.3, -0.25) is 0 Å². The molecule has 1 aromatic rings. The summed E-state index contributed by atoms with van der Waals surface area (Å²) in [7, 11) is 0. The van der Waals surface area contributed by atoms with Crippen LogP contribution in [0.15, 0.2) is 18.2 Å². The van der Waals surface area contributed by atoms with Crippen molar-refractivity contribution >= 4 is 0 Å². The van der Waals surface area contributed by atoms with Gasteiger partial charge in [-0.1, -0.05) is 6.07 Å². The highest BCUT2D eigenvalue weighted by Crippen LogP contribution is 2.43. The van der Waals surface area contributed by atoms with E-state index >= 15 is 0 Å². The van der Waals surface area contributed by atoms with Crippen molar-refractivity contribution in [2.45, 2.75) is 31.0 Å². The Morgan fingerprint density at radius 3 is 2.56 bits per heavy atom. The summed E-state index contributed by atoms with van der Waals surface area (Å²) in [5.41, 5.74) is 0.539. The van der Waals surface area contributed by atoms with Gasteiger partial charge in [-0.15, -0.1) is 0 Å². The molecule has 88 valence electrons. The maximum Gasteiger partial charge on any atom is 0.398 e. The lowest BCUT2D eigenvalue weighted by atomic mass is 9.80. The largest absolute Gasteiger partial charge is 0.508 e. The fraction of sp³-hybridized carbons (Fsp3) is 0.455. The summed E-state index contributed by atoms with van der Waals surface area (Å²) in [6, 6.07) is 3.79. The quantitative estimate of drug-likeness (QED) is 0.720. The molecule has 16 heavy (non-hydrogen) atoms. The molecule has 1 aromatic carbocycles. The highest BCUT2D eigenvalue weighted by atomic mass is 19.4. The monoisotopic (exact) mass is 232 g/mol. The van der Waals surface area contributed by atoms with Crippen molar-refractivity contribution in [3.8, 4) is 5.75 Å². The second kappa shape index (κ2) is 3.66. The molecule has 1 aliphatic carbocycles. The lowest BCUT2D eigenvalue weighted by Crippen LogP contribution is -2.35. The summed E-state index contributed by atoms with van der Waals surface area (Å²) >= 11 is 0. The predicted octanol–water partition coefficient (Wildman–Crippen LogP) is 2.35. The molecule has 2 N–H and O–H groups in total. The highest BCUT2D eigenvalue weighted by Gasteiger charge is 2.47. The minimum Gasteiger partial charge on any atom is -0.508 e. The van der Waals surface area contributed by atoms with Crippen LogP contribution in [0.5, 0.6) is 5.75 Å². The van der Waals surface area contributed by atoms with E-state index in [-0.39, 0.29) is 17.7 Å². The number of rotatable bonds is 0. The van der Waals surface area contributed by atoms with Crippen LogP contribution in [0.4, 0.5) is 13.2 Å². The third kappa shape index (κ3) is 1.87. The van der Waals surface area contributed by atoms with E-state index in [0.717, 1.165) is 0 Å². The number of alkyl halides is 3. The smallest absolute Gasteiger partial charge is 0.398 e. The molecule has 0 spiro atoms. The molecule has 0 aromatic heterocycles. The van der Waals surface area contributed by atoms with Gasteiger partial charge in [0.2, 0.25) is 0 Å². The Balaban J connectivity index is 2.48. The standard InChI is InChI=1S/C11H11F3O2/c12-11(13,14)10-8-3-2-7(15)5-6(8)1-4-9(10)16/h2-3,5,9-10,15-16H,1,4H2.